The molecule has 0 aromatic heterocycles. The summed E-state index contributed by atoms with van der Waals surface area (Å²) >= 11 is 0. The lowest BCUT2D eigenvalue weighted by Gasteiger charge is -2.54. The van der Waals surface area contributed by atoms with Crippen LogP contribution in [-0.2, 0) is 4.74 Å². The van der Waals surface area contributed by atoms with Crippen molar-refractivity contribution in [2.45, 2.75) is 51.3 Å². The summed E-state index contributed by atoms with van der Waals surface area (Å²) in [5.41, 5.74) is 6.11. The van der Waals surface area contributed by atoms with E-state index in [0.29, 0.717) is 18.1 Å². The first kappa shape index (κ1) is 12.9. The summed E-state index contributed by atoms with van der Waals surface area (Å²) in [6.07, 6.45) is 2.57. The van der Waals surface area contributed by atoms with E-state index in [2.05, 4.69) is 32.7 Å². The van der Waals surface area contributed by atoms with Crippen LogP contribution in [-0.4, -0.2) is 43.3 Å². The maximum absolute atomic E-state index is 5.93. The Kier molecular flexibility index (Phi) is 4.15. The van der Waals surface area contributed by atoms with Crippen molar-refractivity contribution in [1.29, 1.82) is 0 Å². The molecule has 1 fully saturated rings. The standard InChI is InChI=1S/C12H26N2O/c1-9(2)10(3)14(4)12(8-13)6-11(7-12)15-5/h9-11H,6-8,13H2,1-5H3. The second kappa shape index (κ2) is 4.81. The molecular formula is C12H26N2O. The van der Waals surface area contributed by atoms with Crippen LogP contribution < -0.4 is 5.73 Å². The third-order valence-corrected chi connectivity index (χ3v) is 4.25. The van der Waals surface area contributed by atoms with E-state index >= 15 is 0 Å². The highest BCUT2D eigenvalue weighted by atomic mass is 16.5. The van der Waals surface area contributed by atoms with E-state index in [1.54, 1.807) is 7.11 Å². The Balaban J connectivity index is 2.60. The van der Waals surface area contributed by atoms with E-state index in [0.717, 1.165) is 19.4 Å². The van der Waals surface area contributed by atoms with Crippen LogP contribution in [0.5, 0.6) is 0 Å². The summed E-state index contributed by atoms with van der Waals surface area (Å²) in [5.74, 6) is 0.667. The third-order valence-electron chi connectivity index (χ3n) is 4.25. The number of nitrogens with two attached hydrogens (primary N) is 1. The zero-order valence-electron chi connectivity index (χ0n) is 10.8. The molecule has 0 spiro atoms. The first-order valence-electron chi connectivity index (χ1n) is 5.92. The molecule has 1 atom stereocenters. The van der Waals surface area contributed by atoms with Gasteiger partial charge in [-0.2, -0.15) is 0 Å². The van der Waals surface area contributed by atoms with Crippen molar-refractivity contribution in [3.05, 3.63) is 0 Å². The molecule has 0 bridgehead atoms. The number of hydrogen-bond acceptors (Lipinski definition) is 3. The fourth-order valence-electron chi connectivity index (χ4n) is 2.43. The van der Waals surface area contributed by atoms with Crippen molar-refractivity contribution < 1.29 is 4.74 Å². The van der Waals surface area contributed by atoms with Gasteiger partial charge in [0.15, 0.2) is 0 Å². The van der Waals surface area contributed by atoms with Gasteiger partial charge in [-0.15, -0.1) is 0 Å². The van der Waals surface area contributed by atoms with Crippen molar-refractivity contribution in [3.63, 3.8) is 0 Å². The zero-order chi connectivity index (χ0) is 11.6. The summed E-state index contributed by atoms with van der Waals surface area (Å²) in [6.45, 7) is 7.54. The molecule has 0 aliphatic heterocycles. The van der Waals surface area contributed by atoms with Crippen LogP contribution in [0.15, 0.2) is 0 Å². The minimum absolute atomic E-state index is 0.185. The molecule has 0 saturated heterocycles. The molecule has 2 N–H and O–H groups in total. The minimum atomic E-state index is 0.185. The van der Waals surface area contributed by atoms with Crippen LogP contribution in [0.25, 0.3) is 0 Å². The summed E-state index contributed by atoms with van der Waals surface area (Å²) in [6, 6.07) is 0.575. The van der Waals surface area contributed by atoms with Gasteiger partial charge in [-0.3, -0.25) is 4.90 Å². The molecule has 15 heavy (non-hydrogen) atoms. The maximum atomic E-state index is 5.93. The first-order valence-corrected chi connectivity index (χ1v) is 5.92. The predicted octanol–water partition coefficient (Wildman–Crippen LogP) is 1.47. The quantitative estimate of drug-likeness (QED) is 0.753. The minimum Gasteiger partial charge on any atom is -0.381 e. The van der Waals surface area contributed by atoms with Crippen molar-refractivity contribution in [2.75, 3.05) is 20.7 Å². The van der Waals surface area contributed by atoms with Gasteiger partial charge in [0.2, 0.25) is 0 Å². The van der Waals surface area contributed by atoms with Crippen LogP contribution in [0.4, 0.5) is 0 Å². The maximum Gasteiger partial charge on any atom is 0.0607 e. The van der Waals surface area contributed by atoms with E-state index < -0.39 is 0 Å². The van der Waals surface area contributed by atoms with Crippen LogP contribution in [0.3, 0.4) is 0 Å². The number of hydrogen-bond donors (Lipinski definition) is 1. The Morgan fingerprint density at radius 3 is 2.27 bits per heavy atom. The van der Waals surface area contributed by atoms with E-state index in [4.69, 9.17) is 10.5 Å². The van der Waals surface area contributed by atoms with Gasteiger partial charge in [0.1, 0.15) is 0 Å². The second-order valence-electron chi connectivity index (χ2n) is 5.29. The van der Waals surface area contributed by atoms with Crippen LogP contribution in [0.2, 0.25) is 0 Å². The number of nitrogens with zero attached hydrogens (tertiary/aromatic N) is 1. The highest BCUT2D eigenvalue weighted by molar-refractivity contribution is 5.04. The topological polar surface area (TPSA) is 38.5 Å². The number of likely N-dealkylation sites (N-methyl/N-ethyl adjacent to an activating group) is 1. The van der Waals surface area contributed by atoms with E-state index in [1.807, 2.05) is 0 Å². The third kappa shape index (κ3) is 2.35. The summed E-state index contributed by atoms with van der Waals surface area (Å²) in [4.78, 5) is 2.45. The first-order chi connectivity index (χ1) is 6.96. The van der Waals surface area contributed by atoms with Crippen molar-refractivity contribution in [1.82, 2.24) is 4.90 Å². The molecule has 90 valence electrons. The van der Waals surface area contributed by atoms with Gasteiger partial charge in [0.25, 0.3) is 0 Å². The molecule has 1 rings (SSSR count). The fraction of sp³-hybridized carbons (Fsp3) is 1.00. The Labute approximate surface area is 94.0 Å². The highest BCUT2D eigenvalue weighted by Crippen LogP contribution is 2.39. The summed E-state index contributed by atoms with van der Waals surface area (Å²) in [7, 11) is 3.99. The van der Waals surface area contributed by atoms with Crippen molar-refractivity contribution >= 4 is 0 Å². The number of methoxy groups -OCH3 is 1. The van der Waals surface area contributed by atoms with Crippen molar-refractivity contribution in [3.8, 4) is 0 Å². The SMILES string of the molecule is COC1CC(CN)(N(C)C(C)C(C)C)C1. The van der Waals surface area contributed by atoms with E-state index in [-0.39, 0.29) is 5.54 Å². The molecule has 0 radical (unpaired) electrons. The Bertz CT molecular complexity index is 200. The normalized spacial score (nSPS) is 33.2. The fourth-order valence-corrected chi connectivity index (χ4v) is 2.43. The van der Waals surface area contributed by atoms with Crippen LogP contribution in [0.1, 0.15) is 33.6 Å². The van der Waals surface area contributed by atoms with Gasteiger partial charge in [0.05, 0.1) is 6.10 Å². The Hall–Kier alpha value is -0.120. The molecule has 1 aliphatic carbocycles. The lowest BCUT2D eigenvalue weighted by Crippen LogP contribution is -2.65. The molecule has 3 heteroatoms. The smallest absolute Gasteiger partial charge is 0.0607 e. The Morgan fingerprint density at radius 1 is 1.40 bits per heavy atom. The second-order valence-corrected chi connectivity index (χ2v) is 5.29. The zero-order valence-corrected chi connectivity index (χ0v) is 10.8. The molecule has 0 aromatic carbocycles. The van der Waals surface area contributed by atoms with Crippen LogP contribution >= 0.6 is 0 Å². The molecule has 1 unspecified atom stereocenters. The highest BCUT2D eigenvalue weighted by Gasteiger charge is 2.47. The number of ether oxygens (including phenoxy) is 1. The van der Waals surface area contributed by atoms with Gasteiger partial charge in [-0.1, -0.05) is 13.8 Å². The van der Waals surface area contributed by atoms with Crippen molar-refractivity contribution in [2.24, 2.45) is 11.7 Å². The predicted molar refractivity (Wildman–Crippen MR) is 63.9 cm³/mol. The van der Waals surface area contributed by atoms with E-state index in [9.17, 15) is 0 Å². The van der Waals surface area contributed by atoms with Crippen LogP contribution in [0, 0.1) is 5.92 Å². The van der Waals surface area contributed by atoms with Gasteiger partial charge < -0.3 is 10.5 Å². The monoisotopic (exact) mass is 214 g/mol. The average molecular weight is 214 g/mol. The Morgan fingerprint density at radius 2 is 1.93 bits per heavy atom. The average Bonchev–Trinajstić information content (AvgIpc) is 2.16. The van der Waals surface area contributed by atoms with Gasteiger partial charge in [-0.05, 0) is 32.7 Å². The molecule has 0 heterocycles. The van der Waals surface area contributed by atoms with Gasteiger partial charge in [0, 0.05) is 25.2 Å². The molecule has 1 aliphatic rings. The molecule has 0 amide bonds. The van der Waals surface area contributed by atoms with E-state index in [1.165, 1.54) is 0 Å². The van der Waals surface area contributed by atoms with Gasteiger partial charge in [-0.25, -0.2) is 0 Å². The molecule has 0 aromatic rings. The lowest BCUT2D eigenvalue weighted by molar-refractivity contribution is -0.0948. The number of rotatable bonds is 5. The molecule has 3 nitrogen and oxygen atoms in total. The molecular weight excluding hydrogens is 188 g/mol. The van der Waals surface area contributed by atoms with Gasteiger partial charge >= 0.3 is 0 Å². The largest absolute Gasteiger partial charge is 0.381 e. The summed E-state index contributed by atoms with van der Waals surface area (Å²) < 4.78 is 5.35. The lowest BCUT2D eigenvalue weighted by atomic mass is 9.72. The summed E-state index contributed by atoms with van der Waals surface area (Å²) in [5, 5.41) is 0. The molecule has 1 saturated carbocycles.